The summed E-state index contributed by atoms with van der Waals surface area (Å²) in [4.78, 5) is 25.0. The van der Waals surface area contributed by atoms with Crippen LogP contribution < -0.4 is 10.6 Å². The number of rotatable bonds is 5. The van der Waals surface area contributed by atoms with Crippen molar-refractivity contribution < 1.29 is 9.59 Å². The number of carbonyl (C=O) groups excluding carboxylic acids is 2. The molecule has 2 N–H and O–H groups in total. The minimum Gasteiger partial charge on any atom is -0.355 e. The lowest BCUT2D eigenvalue weighted by molar-refractivity contribution is -0.137. The van der Waals surface area contributed by atoms with E-state index in [9.17, 15) is 9.59 Å². The first-order chi connectivity index (χ1) is 7.69. The summed E-state index contributed by atoms with van der Waals surface area (Å²) in [7, 11) is 0. The molecule has 1 rings (SSSR count). The molecule has 16 heavy (non-hydrogen) atoms. The average Bonchev–Trinajstić information content (AvgIpc) is 2.78. The van der Waals surface area contributed by atoms with Gasteiger partial charge in [-0.15, -0.1) is 0 Å². The second-order valence-corrected chi connectivity index (χ2v) is 3.95. The third-order valence-corrected chi connectivity index (χ3v) is 2.76. The molecule has 2 amide bonds. The Morgan fingerprint density at radius 3 is 2.69 bits per heavy atom. The molecule has 0 spiro atoms. The maximum absolute atomic E-state index is 12.0. The zero-order chi connectivity index (χ0) is 12.0. The van der Waals surface area contributed by atoms with E-state index < -0.39 is 0 Å². The molecule has 1 atom stereocenters. The first kappa shape index (κ1) is 13.0. The van der Waals surface area contributed by atoms with Crippen LogP contribution in [0.3, 0.4) is 0 Å². The minimum atomic E-state index is -0.0885. The van der Waals surface area contributed by atoms with Gasteiger partial charge in [-0.05, 0) is 33.2 Å². The molecule has 92 valence electrons. The molecule has 1 saturated heterocycles. The van der Waals surface area contributed by atoms with Gasteiger partial charge in [-0.25, -0.2) is 0 Å². The van der Waals surface area contributed by atoms with Gasteiger partial charge in [0.25, 0.3) is 0 Å². The van der Waals surface area contributed by atoms with Crippen molar-refractivity contribution in [3.63, 3.8) is 0 Å². The second kappa shape index (κ2) is 6.48. The lowest BCUT2D eigenvalue weighted by atomic mass is 10.2. The summed E-state index contributed by atoms with van der Waals surface area (Å²) in [5.41, 5.74) is 0. The topological polar surface area (TPSA) is 61.4 Å². The van der Waals surface area contributed by atoms with Crippen LogP contribution in [0.5, 0.6) is 0 Å². The highest BCUT2D eigenvalue weighted by molar-refractivity contribution is 5.87. The van der Waals surface area contributed by atoms with Gasteiger partial charge in [0.1, 0.15) is 0 Å². The Hall–Kier alpha value is -1.10. The summed E-state index contributed by atoms with van der Waals surface area (Å²) in [6.07, 6.45) is 1.92. The van der Waals surface area contributed by atoms with Gasteiger partial charge < -0.3 is 15.5 Å². The number of hydrogen-bond donors (Lipinski definition) is 2. The first-order valence-electron chi connectivity index (χ1n) is 5.97. The molecule has 0 unspecified atom stereocenters. The fourth-order valence-electron chi connectivity index (χ4n) is 1.89. The van der Waals surface area contributed by atoms with Crippen molar-refractivity contribution in [3.05, 3.63) is 0 Å². The summed E-state index contributed by atoms with van der Waals surface area (Å²) in [5.74, 6) is -0.0399. The first-order valence-corrected chi connectivity index (χ1v) is 5.97. The Kier molecular flexibility index (Phi) is 5.25. The van der Waals surface area contributed by atoms with E-state index in [0.717, 1.165) is 19.4 Å². The van der Waals surface area contributed by atoms with Crippen molar-refractivity contribution in [3.8, 4) is 0 Å². The molecule has 1 heterocycles. The molecule has 5 nitrogen and oxygen atoms in total. The van der Waals surface area contributed by atoms with Crippen LogP contribution in [0.2, 0.25) is 0 Å². The quantitative estimate of drug-likeness (QED) is 0.679. The van der Waals surface area contributed by atoms with Crippen LogP contribution >= 0.6 is 0 Å². The summed E-state index contributed by atoms with van der Waals surface area (Å²) >= 11 is 0. The van der Waals surface area contributed by atoms with Gasteiger partial charge in [0.05, 0.1) is 12.6 Å². The number of nitrogens with zero attached hydrogens (tertiary/aromatic N) is 1. The molecule has 0 saturated carbocycles. The van der Waals surface area contributed by atoms with Crippen LogP contribution in [-0.4, -0.2) is 48.9 Å². The lowest BCUT2D eigenvalue weighted by Crippen LogP contribution is -2.47. The van der Waals surface area contributed by atoms with E-state index >= 15 is 0 Å². The van der Waals surface area contributed by atoms with Gasteiger partial charge in [-0.3, -0.25) is 9.59 Å². The molecule has 1 aliphatic rings. The molecule has 0 aromatic heterocycles. The lowest BCUT2D eigenvalue weighted by Gasteiger charge is -2.23. The third kappa shape index (κ3) is 3.48. The number of carbonyl (C=O) groups is 2. The predicted octanol–water partition coefficient (Wildman–Crippen LogP) is -0.277. The average molecular weight is 227 g/mol. The Morgan fingerprint density at radius 2 is 2.19 bits per heavy atom. The van der Waals surface area contributed by atoms with Gasteiger partial charge in [0, 0.05) is 13.1 Å². The molecular weight excluding hydrogens is 206 g/mol. The fourth-order valence-corrected chi connectivity index (χ4v) is 1.89. The van der Waals surface area contributed by atoms with Crippen LogP contribution in [0, 0.1) is 0 Å². The van der Waals surface area contributed by atoms with Crippen molar-refractivity contribution in [1.29, 1.82) is 0 Å². The minimum absolute atomic E-state index is 0.0475. The maximum atomic E-state index is 12.0. The van der Waals surface area contributed by atoms with Gasteiger partial charge >= 0.3 is 0 Å². The summed E-state index contributed by atoms with van der Waals surface area (Å²) < 4.78 is 0. The van der Waals surface area contributed by atoms with Crippen molar-refractivity contribution in [2.75, 3.05) is 26.2 Å². The molecule has 5 heteroatoms. The van der Waals surface area contributed by atoms with Crippen LogP contribution in [0.4, 0.5) is 0 Å². The molecule has 0 aromatic carbocycles. The standard InChI is InChI=1S/C11H21N3O2/c1-3-12-10(15)8-14(4-2)11(16)9-6-5-7-13-9/h9,13H,3-8H2,1-2H3,(H,12,15)/t9-/m0/s1. The van der Waals surface area contributed by atoms with Crippen LogP contribution in [0.15, 0.2) is 0 Å². The van der Waals surface area contributed by atoms with Crippen LogP contribution in [0.1, 0.15) is 26.7 Å². The highest BCUT2D eigenvalue weighted by atomic mass is 16.2. The van der Waals surface area contributed by atoms with E-state index in [1.165, 1.54) is 0 Å². The van der Waals surface area contributed by atoms with Crippen molar-refractivity contribution >= 4 is 11.8 Å². The number of nitrogens with one attached hydrogen (secondary N) is 2. The number of likely N-dealkylation sites (N-methyl/N-ethyl adjacent to an activating group) is 2. The molecule has 0 aliphatic carbocycles. The monoisotopic (exact) mass is 227 g/mol. The number of amides is 2. The van der Waals surface area contributed by atoms with E-state index in [-0.39, 0.29) is 24.4 Å². The van der Waals surface area contributed by atoms with E-state index in [2.05, 4.69) is 10.6 Å². The Balaban J connectivity index is 2.45. The van der Waals surface area contributed by atoms with Gasteiger partial charge in [0.15, 0.2) is 0 Å². The SMILES string of the molecule is CCNC(=O)CN(CC)C(=O)[C@@H]1CCCN1. The zero-order valence-electron chi connectivity index (χ0n) is 10.1. The third-order valence-electron chi connectivity index (χ3n) is 2.76. The largest absolute Gasteiger partial charge is 0.355 e. The van der Waals surface area contributed by atoms with E-state index in [4.69, 9.17) is 0 Å². The van der Waals surface area contributed by atoms with Gasteiger partial charge in [-0.2, -0.15) is 0 Å². The molecule has 0 bridgehead atoms. The highest BCUT2D eigenvalue weighted by Crippen LogP contribution is 2.08. The van der Waals surface area contributed by atoms with Crippen molar-refractivity contribution in [2.45, 2.75) is 32.7 Å². The Labute approximate surface area is 96.6 Å². The van der Waals surface area contributed by atoms with E-state index in [0.29, 0.717) is 13.1 Å². The molecule has 1 aliphatic heterocycles. The fraction of sp³-hybridized carbons (Fsp3) is 0.818. The smallest absolute Gasteiger partial charge is 0.240 e. The van der Waals surface area contributed by atoms with E-state index in [1.54, 1.807) is 4.90 Å². The zero-order valence-corrected chi connectivity index (χ0v) is 10.1. The van der Waals surface area contributed by atoms with Crippen LogP contribution in [0.25, 0.3) is 0 Å². The van der Waals surface area contributed by atoms with Crippen molar-refractivity contribution in [1.82, 2.24) is 15.5 Å². The Morgan fingerprint density at radius 1 is 1.44 bits per heavy atom. The summed E-state index contributed by atoms with van der Waals surface area (Å²) in [5, 5.41) is 5.86. The molecule has 0 radical (unpaired) electrons. The van der Waals surface area contributed by atoms with Gasteiger partial charge in [0.2, 0.25) is 11.8 Å². The second-order valence-electron chi connectivity index (χ2n) is 3.95. The normalized spacial score (nSPS) is 19.5. The van der Waals surface area contributed by atoms with Crippen molar-refractivity contribution in [2.24, 2.45) is 0 Å². The molecular formula is C11H21N3O2. The predicted molar refractivity (Wildman–Crippen MR) is 62.0 cm³/mol. The molecule has 0 aromatic rings. The molecule has 1 fully saturated rings. The number of hydrogen-bond acceptors (Lipinski definition) is 3. The van der Waals surface area contributed by atoms with E-state index in [1.807, 2.05) is 13.8 Å². The van der Waals surface area contributed by atoms with Gasteiger partial charge in [-0.1, -0.05) is 0 Å². The Bertz CT molecular complexity index is 250. The highest BCUT2D eigenvalue weighted by Gasteiger charge is 2.26. The summed E-state index contributed by atoms with van der Waals surface area (Å²) in [6, 6.07) is -0.0885. The maximum Gasteiger partial charge on any atom is 0.240 e. The van der Waals surface area contributed by atoms with Crippen LogP contribution in [-0.2, 0) is 9.59 Å². The summed E-state index contributed by atoms with van der Waals surface area (Å²) in [6.45, 7) is 6.01.